The maximum absolute atomic E-state index is 12.2. The molecule has 3 N–H and O–H groups in total. The third-order valence-electron chi connectivity index (χ3n) is 3.22. The molecule has 6 nitrogen and oxygen atoms in total. The molecule has 1 aromatic rings. The fraction of sp³-hybridized carbons (Fsp3) is 0.571. The minimum absolute atomic E-state index is 0.152. The number of ether oxygens (including phenoxy) is 1. The van der Waals surface area contributed by atoms with Gasteiger partial charge in [0.1, 0.15) is 5.75 Å². The molecular weight excluding hydrogens is 290 g/mol. The lowest BCUT2D eigenvalue weighted by atomic mass is 10.3. The van der Waals surface area contributed by atoms with Gasteiger partial charge in [-0.3, -0.25) is 0 Å². The van der Waals surface area contributed by atoms with Crippen molar-refractivity contribution in [2.75, 3.05) is 39.0 Å². The molecule has 0 unspecified atom stereocenters. The van der Waals surface area contributed by atoms with E-state index in [9.17, 15) is 8.42 Å². The normalized spacial score (nSPS) is 11.8. The van der Waals surface area contributed by atoms with Gasteiger partial charge in [0, 0.05) is 13.1 Å². The van der Waals surface area contributed by atoms with E-state index in [1.165, 1.54) is 19.2 Å². The third kappa shape index (κ3) is 5.18. The van der Waals surface area contributed by atoms with Crippen LogP contribution >= 0.6 is 0 Å². The number of nitrogen functional groups attached to an aromatic ring is 1. The van der Waals surface area contributed by atoms with Crippen molar-refractivity contribution in [1.82, 2.24) is 9.62 Å². The Kier molecular flexibility index (Phi) is 6.94. The fourth-order valence-corrected chi connectivity index (χ4v) is 3.10. The van der Waals surface area contributed by atoms with Crippen molar-refractivity contribution in [1.29, 1.82) is 0 Å². The molecule has 120 valence electrons. The van der Waals surface area contributed by atoms with Crippen LogP contribution in [0.1, 0.15) is 20.3 Å². The summed E-state index contributed by atoms with van der Waals surface area (Å²) in [5.41, 5.74) is 6.05. The average Bonchev–Trinajstić information content (AvgIpc) is 2.46. The number of hydrogen-bond donors (Lipinski definition) is 2. The molecule has 0 saturated heterocycles. The van der Waals surface area contributed by atoms with E-state index in [2.05, 4.69) is 23.5 Å². The van der Waals surface area contributed by atoms with Crippen molar-refractivity contribution < 1.29 is 13.2 Å². The second-order valence-corrected chi connectivity index (χ2v) is 6.50. The zero-order valence-electron chi connectivity index (χ0n) is 12.9. The average molecular weight is 315 g/mol. The van der Waals surface area contributed by atoms with Gasteiger partial charge in [0.15, 0.2) is 0 Å². The first-order chi connectivity index (χ1) is 9.94. The second-order valence-electron chi connectivity index (χ2n) is 4.74. The smallest absolute Gasteiger partial charge is 0.240 e. The molecule has 0 fully saturated rings. The van der Waals surface area contributed by atoms with Crippen LogP contribution in [0.5, 0.6) is 5.75 Å². The third-order valence-corrected chi connectivity index (χ3v) is 4.68. The maximum atomic E-state index is 12.2. The highest BCUT2D eigenvalue weighted by atomic mass is 32.2. The molecule has 0 amide bonds. The number of nitrogens with one attached hydrogen (secondary N) is 1. The standard InChI is InChI=1S/C14H25N3O3S/c1-4-9-17(5-2)10-8-16-21(18,19)12-6-7-14(20-3)13(15)11-12/h6-7,11,16H,4-5,8-10,15H2,1-3H3. The molecule has 0 aliphatic heterocycles. The topological polar surface area (TPSA) is 84.7 Å². The van der Waals surface area contributed by atoms with Crippen LogP contribution in [0.4, 0.5) is 5.69 Å². The highest BCUT2D eigenvalue weighted by Gasteiger charge is 2.15. The summed E-state index contributed by atoms with van der Waals surface area (Å²) in [6, 6.07) is 4.45. The number of likely N-dealkylation sites (N-methyl/N-ethyl adjacent to an activating group) is 1. The van der Waals surface area contributed by atoms with E-state index in [0.717, 1.165) is 19.5 Å². The Morgan fingerprint density at radius 3 is 2.52 bits per heavy atom. The molecule has 0 aliphatic carbocycles. The van der Waals surface area contributed by atoms with Crippen molar-refractivity contribution in [3.05, 3.63) is 18.2 Å². The number of rotatable bonds is 9. The predicted octanol–water partition coefficient (Wildman–Crippen LogP) is 1.29. The molecule has 1 rings (SSSR count). The second kappa shape index (κ2) is 8.21. The van der Waals surface area contributed by atoms with Gasteiger partial charge in [0.25, 0.3) is 0 Å². The Balaban J connectivity index is 2.67. The van der Waals surface area contributed by atoms with Crippen molar-refractivity contribution in [3.63, 3.8) is 0 Å². The van der Waals surface area contributed by atoms with Crippen LogP contribution in [-0.2, 0) is 10.0 Å². The van der Waals surface area contributed by atoms with Gasteiger partial charge >= 0.3 is 0 Å². The first-order valence-corrected chi connectivity index (χ1v) is 8.58. The van der Waals surface area contributed by atoms with Crippen LogP contribution in [0, 0.1) is 0 Å². The van der Waals surface area contributed by atoms with E-state index in [4.69, 9.17) is 10.5 Å². The molecule has 0 aliphatic rings. The SMILES string of the molecule is CCCN(CC)CCNS(=O)(=O)c1ccc(OC)c(N)c1. The number of methoxy groups -OCH3 is 1. The van der Waals surface area contributed by atoms with Crippen molar-refractivity contribution in [3.8, 4) is 5.75 Å². The lowest BCUT2D eigenvalue weighted by Gasteiger charge is -2.19. The molecule has 0 aromatic heterocycles. The fourth-order valence-electron chi connectivity index (χ4n) is 2.05. The zero-order chi connectivity index (χ0) is 15.9. The van der Waals surface area contributed by atoms with Gasteiger partial charge in [0.05, 0.1) is 17.7 Å². The summed E-state index contributed by atoms with van der Waals surface area (Å²) < 4.78 is 32.0. The lowest BCUT2D eigenvalue weighted by molar-refractivity contribution is 0.293. The Labute approximate surface area is 127 Å². The number of nitrogens with two attached hydrogens (primary N) is 1. The molecule has 7 heteroatoms. The first kappa shape index (κ1) is 17.7. The highest BCUT2D eigenvalue weighted by Crippen LogP contribution is 2.24. The summed E-state index contributed by atoms with van der Waals surface area (Å²) in [6.07, 6.45) is 1.05. The van der Waals surface area contributed by atoms with Crippen LogP contribution < -0.4 is 15.2 Å². The molecule has 0 atom stereocenters. The highest BCUT2D eigenvalue weighted by molar-refractivity contribution is 7.89. The van der Waals surface area contributed by atoms with Gasteiger partial charge in [-0.1, -0.05) is 13.8 Å². The Morgan fingerprint density at radius 1 is 1.29 bits per heavy atom. The largest absolute Gasteiger partial charge is 0.495 e. The summed E-state index contributed by atoms with van der Waals surface area (Å²) >= 11 is 0. The predicted molar refractivity (Wildman–Crippen MR) is 85.0 cm³/mol. The van der Waals surface area contributed by atoms with Gasteiger partial charge in [-0.15, -0.1) is 0 Å². The molecule has 0 spiro atoms. The van der Waals surface area contributed by atoms with Crippen LogP contribution in [0.15, 0.2) is 23.1 Å². The van der Waals surface area contributed by atoms with Gasteiger partial charge in [-0.2, -0.15) is 0 Å². The van der Waals surface area contributed by atoms with Crippen molar-refractivity contribution in [2.45, 2.75) is 25.2 Å². The molecule has 0 bridgehead atoms. The number of nitrogens with zero attached hydrogens (tertiary/aromatic N) is 1. The molecule has 1 aromatic carbocycles. The summed E-state index contributed by atoms with van der Waals surface area (Å²) in [6.45, 7) is 7.11. The van der Waals surface area contributed by atoms with Crippen LogP contribution in [0.25, 0.3) is 0 Å². The first-order valence-electron chi connectivity index (χ1n) is 7.10. The summed E-state index contributed by atoms with van der Waals surface area (Å²) in [4.78, 5) is 2.35. The number of sulfonamides is 1. The van der Waals surface area contributed by atoms with E-state index in [-0.39, 0.29) is 4.90 Å². The summed E-state index contributed by atoms with van der Waals surface area (Å²) in [5.74, 6) is 0.467. The minimum Gasteiger partial charge on any atom is -0.495 e. The molecule has 0 radical (unpaired) electrons. The Bertz CT molecular complexity index is 546. The van der Waals surface area contributed by atoms with Crippen molar-refractivity contribution in [2.24, 2.45) is 0 Å². The van der Waals surface area contributed by atoms with E-state index in [1.54, 1.807) is 6.07 Å². The molecular formula is C14H25N3O3S. The zero-order valence-corrected chi connectivity index (χ0v) is 13.7. The quantitative estimate of drug-likeness (QED) is 0.671. The van der Waals surface area contributed by atoms with Crippen LogP contribution in [-0.4, -0.2) is 46.6 Å². The van der Waals surface area contributed by atoms with Crippen molar-refractivity contribution >= 4 is 15.7 Å². The van der Waals surface area contributed by atoms with Gasteiger partial charge in [0.2, 0.25) is 10.0 Å². The molecule has 0 saturated carbocycles. The summed E-state index contributed by atoms with van der Waals surface area (Å²) in [7, 11) is -2.05. The Hall–Kier alpha value is -1.31. The number of hydrogen-bond acceptors (Lipinski definition) is 5. The summed E-state index contributed by atoms with van der Waals surface area (Å²) in [5, 5.41) is 0. The van der Waals surface area contributed by atoms with E-state index >= 15 is 0 Å². The van der Waals surface area contributed by atoms with Gasteiger partial charge < -0.3 is 15.4 Å². The molecule has 21 heavy (non-hydrogen) atoms. The number of benzene rings is 1. The Morgan fingerprint density at radius 2 is 2.00 bits per heavy atom. The molecule has 0 heterocycles. The maximum Gasteiger partial charge on any atom is 0.240 e. The number of anilines is 1. The van der Waals surface area contributed by atoms with E-state index in [0.29, 0.717) is 24.5 Å². The van der Waals surface area contributed by atoms with E-state index in [1.807, 2.05) is 0 Å². The lowest BCUT2D eigenvalue weighted by Crippen LogP contribution is -2.35. The monoisotopic (exact) mass is 315 g/mol. The minimum atomic E-state index is -3.54. The van der Waals surface area contributed by atoms with Crippen LogP contribution in [0.2, 0.25) is 0 Å². The van der Waals surface area contributed by atoms with Gasteiger partial charge in [-0.25, -0.2) is 13.1 Å². The van der Waals surface area contributed by atoms with Crippen LogP contribution in [0.3, 0.4) is 0 Å². The van der Waals surface area contributed by atoms with Gasteiger partial charge in [-0.05, 0) is 37.7 Å². The van der Waals surface area contributed by atoms with E-state index < -0.39 is 10.0 Å².